The Morgan fingerprint density at radius 3 is 2.88 bits per heavy atom. The first kappa shape index (κ1) is 10.7. The van der Waals surface area contributed by atoms with Crippen molar-refractivity contribution in [1.29, 1.82) is 0 Å². The second kappa shape index (κ2) is 4.40. The summed E-state index contributed by atoms with van der Waals surface area (Å²) in [5, 5.41) is 10.2. The quantitative estimate of drug-likeness (QED) is 0.762. The minimum absolute atomic E-state index is 0.216. The normalized spacial score (nSPS) is 15.9. The van der Waals surface area contributed by atoms with Gasteiger partial charge in [0, 0.05) is 11.9 Å². The molecule has 1 aromatic heterocycles. The van der Waals surface area contributed by atoms with Crippen LogP contribution in [0.2, 0.25) is 0 Å². The van der Waals surface area contributed by atoms with Crippen molar-refractivity contribution in [3.05, 3.63) is 28.0 Å². The highest BCUT2D eigenvalue weighted by atomic mass is 79.9. The van der Waals surface area contributed by atoms with Gasteiger partial charge in [0.05, 0.1) is 12.1 Å². The van der Waals surface area contributed by atoms with Gasteiger partial charge < -0.3 is 11.1 Å². The largest absolute Gasteiger partial charge is 0.400 e. The van der Waals surface area contributed by atoms with Crippen molar-refractivity contribution >= 4 is 33.9 Å². The number of hydrogen-bond donors (Lipinski definition) is 2. The van der Waals surface area contributed by atoms with E-state index in [0.29, 0.717) is 28.2 Å². The van der Waals surface area contributed by atoms with E-state index < -0.39 is 0 Å². The molecule has 7 heteroatoms. The molecule has 0 saturated carbocycles. The molecule has 0 atom stereocenters. The molecule has 0 aromatic carbocycles. The van der Waals surface area contributed by atoms with Gasteiger partial charge in [0.25, 0.3) is 5.91 Å². The Bertz CT molecular complexity index is 479. The Labute approximate surface area is 99.8 Å². The van der Waals surface area contributed by atoms with Gasteiger partial charge >= 0.3 is 0 Å². The highest BCUT2D eigenvalue weighted by Crippen LogP contribution is 2.11. The smallest absolute Gasteiger partial charge is 0.254 e. The van der Waals surface area contributed by atoms with E-state index in [2.05, 4.69) is 36.4 Å². The van der Waals surface area contributed by atoms with Crippen molar-refractivity contribution in [2.45, 2.75) is 0 Å². The Morgan fingerprint density at radius 2 is 2.31 bits per heavy atom. The van der Waals surface area contributed by atoms with Gasteiger partial charge in [-0.1, -0.05) is 0 Å². The van der Waals surface area contributed by atoms with Gasteiger partial charge in [-0.3, -0.25) is 4.79 Å². The van der Waals surface area contributed by atoms with Crippen LogP contribution in [0.25, 0.3) is 0 Å². The summed E-state index contributed by atoms with van der Waals surface area (Å²) < 4.78 is 0.629. The van der Waals surface area contributed by atoms with E-state index in [0.717, 1.165) is 0 Å². The standard InChI is InChI=1S/C9H8BrN5O/c10-7-1-2-8(15-14-7)12-3-5-6(11)4-13-9(5)16/h1-3H,4,11H2,(H,13,16). The molecule has 6 nitrogen and oxygen atoms in total. The van der Waals surface area contributed by atoms with Crippen molar-refractivity contribution in [3.8, 4) is 0 Å². The van der Waals surface area contributed by atoms with Gasteiger partial charge in [0.1, 0.15) is 4.60 Å². The molecule has 2 rings (SSSR count). The molecule has 0 aliphatic carbocycles. The number of nitrogens with zero attached hydrogens (tertiary/aromatic N) is 3. The summed E-state index contributed by atoms with van der Waals surface area (Å²) in [5.41, 5.74) is 6.48. The maximum Gasteiger partial charge on any atom is 0.254 e. The molecule has 2 heterocycles. The topological polar surface area (TPSA) is 93.3 Å². The molecule has 1 aromatic rings. The molecule has 1 aliphatic rings. The number of nitrogens with one attached hydrogen (secondary N) is 1. The van der Waals surface area contributed by atoms with Crippen LogP contribution in [0.3, 0.4) is 0 Å². The highest BCUT2D eigenvalue weighted by Gasteiger charge is 2.18. The fourth-order valence-electron chi connectivity index (χ4n) is 1.16. The van der Waals surface area contributed by atoms with Crippen LogP contribution in [0.4, 0.5) is 5.82 Å². The fourth-order valence-corrected chi connectivity index (χ4v) is 1.37. The number of rotatable bonds is 2. The number of carbonyl (C=O) groups excluding carboxylic acids is 1. The number of halogens is 1. The predicted octanol–water partition coefficient (Wildman–Crippen LogP) is 0.284. The molecular weight excluding hydrogens is 274 g/mol. The lowest BCUT2D eigenvalue weighted by atomic mass is 10.2. The van der Waals surface area contributed by atoms with Crippen LogP contribution >= 0.6 is 15.9 Å². The van der Waals surface area contributed by atoms with Crippen LogP contribution in [0, 0.1) is 0 Å². The number of nitrogens with two attached hydrogens (primary N) is 1. The molecule has 0 radical (unpaired) electrons. The zero-order valence-corrected chi connectivity index (χ0v) is 9.73. The SMILES string of the molecule is NC1=C(C=Nc2ccc(Br)nn2)C(=O)NC1. The van der Waals surface area contributed by atoms with Gasteiger partial charge in [-0.25, -0.2) is 4.99 Å². The Morgan fingerprint density at radius 1 is 1.50 bits per heavy atom. The van der Waals surface area contributed by atoms with Crippen molar-refractivity contribution in [2.24, 2.45) is 10.7 Å². The second-order valence-electron chi connectivity index (χ2n) is 3.09. The van der Waals surface area contributed by atoms with Crippen LogP contribution < -0.4 is 11.1 Å². The summed E-state index contributed by atoms with van der Waals surface area (Å²) in [6.45, 7) is 0.367. The van der Waals surface area contributed by atoms with Gasteiger partial charge in [-0.05, 0) is 28.1 Å². The molecule has 0 saturated heterocycles. The van der Waals surface area contributed by atoms with Gasteiger partial charge in [0.15, 0.2) is 5.82 Å². The van der Waals surface area contributed by atoms with E-state index in [4.69, 9.17) is 5.73 Å². The molecule has 1 aliphatic heterocycles. The first-order valence-corrected chi connectivity index (χ1v) is 5.26. The summed E-state index contributed by atoms with van der Waals surface area (Å²) in [7, 11) is 0. The summed E-state index contributed by atoms with van der Waals surface area (Å²) in [6, 6.07) is 3.39. The Hall–Kier alpha value is -1.76. The van der Waals surface area contributed by atoms with E-state index >= 15 is 0 Å². The third-order valence-electron chi connectivity index (χ3n) is 1.97. The minimum Gasteiger partial charge on any atom is -0.400 e. The molecular formula is C9H8BrN5O. The average molecular weight is 282 g/mol. The highest BCUT2D eigenvalue weighted by molar-refractivity contribution is 9.10. The first-order valence-electron chi connectivity index (χ1n) is 4.47. The molecule has 0 spiro atoms. The van der Waals surface area contributed by atoms with Gasteiger partial charge in [0.2, 0.25) is 0 Å². The average Bonchev–Trinajstić information content (AvgIpc) is 2.59. The molecule has 0 fully saturated rings. The maximum absolute atomic E-state index is 11.3. The van der Waals surface area contributed by atoms with Crippen LogP contribution in [0.15, 0.2) is 33.0 Å². The molecule has 0 unspecified atom stereocenters. The monoisotopic (exact) mass is 281 g/mol. The molecule has 3 N–H and O–H groups in total. The molecule has 16 heavy (non-hydrogen) atoms. The number of amides is 1. The Balaban J connectivity index is 2.18. The third kappa shape index (κ3) is 2.25. The first-order chi connectivity index (χ1) is 7.66. The third-order valence-corrected chi connectivity index (χ3v) is 2.40. The fraction of sp³-hybridized carbons (Fsp3) is 0.111. The van der Waals surface area contributed by atoms with Crippen LogP contribution in [0.5, 0.6) is 0 Å². The van der Waals surface area contributed by atoms with Crippen molar-refractivity contribution in [3.63, 3.8) is 0 Å². The summed E-state index contributed by atoms with van der Waals surface area (Å²) in [4.78, 5) is 15.3. The molecule has 0 bridgehead atoms. The molecule has 1 amide bonds. The van der Waals surface area contributed by atoms with E-state index in [1.807, 2.05) is 0 Å². The van der Waals surface area contributed by atoms with Crippen LogP contribution in [0.1, 0.15) is 0 Å². The number of hydrogen-bond acceptors (Lipinski definition) is 5. The summed E-state index contributed by atoms with van der Waals surface area (Å²) in [6.07, 6.45) is 1.40. The van der Waals surface area contributed by atoms with Crippen LogP contribution in [-0.2, 0) is 4.79 Å². The van der Waals surface area contributed by atoms with Crippen molar-refractivity contribution < 1.29 is 4.79 Å². The predicted molar refractivity (Wildman–Crippen MR) is 62.1 cm³/mol. The van der Waals surface area contributed by atoms with E-state index in [9.17, 15) is 4.79 Å². The summed E-state index contributed by atoms with van der Waals surface area (Å²) in [5.74, 6) is 0.203. The summed E-state index contributed by atoms with van der Waals surface area (Å²) >= 11 is 3.16. The van der Waals surface area contributed by atoms with E-state index in [1.54, 1.807) is 12.1 Å². The molecule has 82 valence electrons. The number of aliphatic imine (C=N–C) groups is 1. The lowest BCUT2D eigenvalue weighted by Gasteiger charge is -1.93. The van der Waals surface area contributed by atoms with Crippen molar-refractivity contribution in [2.75, 3.05) is 6.54 Å². The van der Waals surface area contributed by atoms with Gasteiger partial charge in [-0.2, -0.15) is 0 Å². The minimum atomic E-state index is -0.216. The number of carbonyl (C=O) groups is 1. The number of aromatic nitrogens is 2. The maximum atomic E-state index is 11.3. The zero-order valence-electron chi connectivity index (χ0n) is 8.14. The zero-order chi connectivity index (χ0) is 11.5. The Kier molecular flexibility index (Phi) is 2.95. The second-order valence-corrected chi connectivity index (χ2v) is 3.91. The van der Waals surface area contributed by atoms with E-state index in [-0.39, 0.29) is 5.91 Å². The van der Waals surface area contributed by atoms with Crippen molar-refractivity contribution in [1.82, 2.24) is 15.5 Å². The lowest BCUT2D eigenvalue weighted by molar-refractivity contribution is -0.116. The van der Waals surface area contributed by atoms with E-state index in [1.165, 1.54) is 6.21 Å². The van der Waals surface area contributed by atoms with Gasteiger partial charge in [-0.15, -0.1) is 10.2 Å². The van der Waals surface area contributed by atoms with Crippen LogP contribution in [-0.4, -0.2) is 28.9 Å². The lowest BCUT2D eigenvalue weighted by Crippen LogP contribution is -2.18.